The van der Waals surface area contributed by atoms with Crippen LogP contribution in [0.4, 0.5) is 5.69 Å². The smallest absolute Gasteiger partial charge is 0.269 e. The number of aliphatic imine (C=N–C) groups is 1. The molecular formula is C17H15ClN2O4. The first kappa shape index (κ1) is 16.3. The minimum Gasteiger partial charge on any atom is -0.454 e. The standard InChI is InChI=1S/C17H14N2O4.ClH/c20-19(21)13-3-1-11(2-4-13)7-15-14-9-17-16(22-10-23-17)8-12(14)5-6-18-15;/h1-4,8-9H,5-7,10H2;1H. The number of rotatable bonds is 3. The van der Waals surface area contributed by atoms with Gasteiger partial charge >= 0.3 is 0 Å². The summed E-state index contributed by atoms with van der Waals surface area (Å²) in [5, 5.41) is 10.7. The normalized spacial score (nSPS) is 14.4. The fourth-order valence-corrected chi connectivity index (χ4v) is 2.94. The predicted octanol–water partition coefficient (Wildman–Crippen LogP) is 3.33. The van der Waals surface area contributed by atoms with Crippen LogP contribution in [0, 0.1) is 10.1 Å². The Morgan fingerprint density at radius 2 is 1.83 bits per heavy atom. The van der Waals surface area contributed by atoms with Crippen LogP contribution < -0.4 is 9.47 Å². The molecule has 2 aromatic rings. The van der Waals surface area contributed by atoms with E-state index in [1.54, 1.807) is 12.1 Å². The van der Waals surface area contributed by atoms with Crippen molar-refractivity contribution in [3.05, 3.63) is 63.2 Å². The van der Waals surface area contributed by atoms with Crippen molar-refractivity contribution in [2.75, 3.05) is 13.3 Å². The Bertz CT molecular complexity index is 818. The van der Waals surface area contributed by atoms with Crippen molar-refractivity contribution in [1.82, 2.24) is 0 Å². The molecule has 2 aromatic carbocycles. The lowest BCUT2D eigenvalue weighted by atomic mass is 9.93. The second-order valence-electron chi connectivity index (χ2n) is 5.54. The Kier molecular flexibility index (Phi) is 4.40. The monoisotopic (exact) mass is 346 g/mol. The van der Waals surface area contributed by atoms with Crippen LogP contribution in [0.1, 0.15) is 16.7 Å². The zero-order valence-corrected chi connectivity index (χ0v) is 13.5. The summed E-state index contributed by atoms with van der Waals surface area (Å²) >= 11 is 0. The Hall–Kier alpha value is -2.60. The third kappa shape index (κ3) is 2.92. The van der Waals surface area contributed by atoms with Crippen molar-refractivity contribution in [2.45, 2.75) is 12.8 Å². The number of ether oxygens (including phenoxy) is 2. The molecule has 6 nitrogen and oxygen atoms in total. The summed E-state index contributed by atoms with van der Waals surface area (Å²) in [6.45, 7) is 1.00. The molecule has 0 aliphatic carbocycles. The first-order valence-electron chi connectivity index (χ1n) is 7.40. The molecule has 0 fully saturated rings. The molecule has 0 saturated heterocycles. The van der Waals surface area contributed by atoms with E-state index < -0.39 is 4.92 Å². The molecule has 0 radical (unpaired) electrons. The molecule has 2 aliphatic rings. The highest BCUT2D eigenvalue weighted by Crippen LogP contribution is 2.36. The van der Waals surface area contributed by atoms with Crippen LogP contribution >= 0.6 is 12.4 Å². The van der Waals surface area contributed by atoms with Crippen LogP contribution in [-0.2, 0) is 12.8 Å². The van der Waals surface area contributed by atoms with Gasteiger partial charge in [-0.15, -0.1) is 12.4 Å². The van der Waals surface area contributed by atoms with Crippen LogP contribution in [0.25, 0.3) is 0 Å². The third-order valence-corrected chi connectivity index (χ3v) is 4.11. The van der Waals surface area contributed by atoms with Gasteiger partial charge in [0, 0.05) is 36.4 Å². The summed E-state index contributed by atoms with van der Waals surface area (Å²) in [5.74, 6) is 1.54. The SMILES string of the molecule is Cl.O=[N+]([O-])c1ccc(CC2=NCCc3cc4c(cc32)OCO4)cc1. The summed E-state index contributed by atoms with van der Waals surface area (Å²) in [4.78, 5) is 15.0. The quantitative estimate of drug-likeness (QED) is 0.631. The molecule has 0 spiro atoms. The van der Waals surface area contributed by atoms with Gasteiger partial charge in [0.25, 0.3) is 5.69 Å². The highest BCUT2D eigenvalue weighted by Gasteiger charge is 2.22. The van der Waals surface area contributed by atoms with Crippen molar-refractivity contribution in [3.63, 3.8) is 0 Å². The van der Waals surface area contributed by atoms with Gasteiger partial charge in [-0.05, 0) is 29.7 Å². The maximum absolute atomic E-state index is 10.7. The molecule has 0 N–H and O–H groups in total. The number of non-ortho nitro benzene ring substituents is 1. The number of nitro groups is 1. The molecule has 2 heterocycles. The van der Waals surface area contributed by atoms with Crippen LogP contribution in [0.5, 0.6) is 11.5 Å². The van der Waals surface area contributed by atoms with Crippen molar-refractivity contribution in [2.24, 2.45) is 4.99 Å². The maximum atomic E-state index is 10.7. The molecule has 0 aromatic heterocycles. The zero-order chi connectivity index (χ0) is 15.8. The van der Waals surface area contributed by atoms with E-state index in [4.69, 9.17) is 9.47 Å². The fourth-order valence-electron chi connectivity index (χ4n) is 2.94. The number of nitrogens with zero attached hydrogens (tertiary/aromatic N) is 2. The van der Waals surface area contributed by atoms with E-state index in [9.17, 15) is 10.1 Å². The van der Waals surface area contributed by atoms with Crippen molar-refractivity contribution < 1.29 is 14.4 Å². The summed E-state index contributed by atoms with van der Waals surface area (Å²) in [6.07, 6.45) is 1.53. The van der Waals surface area contributed by atoms with E-state index in [0.29, 0.717) is 6.42 Å². The van der Waals surface area contributed by atoms with Gasteiger partial charge in [0.15, 0.2) is 11.5 Å². The van der Waals surface area contributed by atoms with Gasteiger partial charge < -0.3 is 9.47 Å². The van der Waals surface area contributed by atoms with E-state index in [1.807, 2.05) is 12.1 Å². The van der Waals surface area contributed by atoms with E-state index in [-0.39, 0.29) is 24.9 Å². The second kappa shape index (κ2) is 6.49. The van der Waals surface area contributed by atoms with Gasteiger partial charge in [0.05, 0.1) is 4.92 Å². The molecule has 0 unspecified atom stereocenters. The Balaban J connectivity index is 0.00000169. The highest BCUT2D eigenvalue weighted by atomic mass is 35.5. The largest absolute Gasteiger partial charge is 0.454 e. The van der Waals surface area contributed by atoms with E-state index >= 15 is 0 Å². The Morgan fingerprint density at radius 1 is 1.12 bits per heavy atom. The van der Waals surface area contributed by atoms with Gasteiger partial charge in [-0.2, -0.15) is 0 Å². The average Bonchev–Trinajstić information content (AvgIpc) is 3.01. The second-order valence-corrected chi connectivity index (χ2v) is 5.54. The lowest BCUT2D eigenvalue weighted by Gasteiger charge is -2.17. The number of hydrogen-bond acceptors (Lipinski definition) is 5. The molecule has 0 bridgehead atoms. The number of fused-ring (bicyclic) bond motifs is 2. The van der Waals surface area contributed by atoms with Gasteiger partial charge in [-0.25, -0.2) is 0 Å². The number of halogens is 1. The van der Waals surface area contributed by atoms with Crippen LogP contribution in [0.2, 0.25) is 0 Å². The molecule has 124 valence electrons. The van der Waals surface area contributed by atoms with E-state index in [1.165, 1.54) is 17.7 Å². The maximum Gasteiger partial charge on any atom is 0.269 e. The minimum absolute atomic E-state index is 0. The number of hydrogen-bond donors (Lipinski definition) is 0. The van der Waals surface area contributed by atoms with Crippen LogP contribution in [-0.4, -0.2) is 24.0 Å². The van der Waals surface area contributed by atoms with Gasteiger partial charge in [-0.1, -0.05) is 12.1 Å². The number of nitro benzene ring substituents is 1. The molecule has 24 heavy (non-hydrogen) atoms. The molecule has 7 heteroatoms. The first-order chi connectivity index (χ1) is 11.2. The van der Waals surface area contributed by atoms with Crippen molar-refractivity contribution in [3.8, 4) is 11.5 Å². The molecule has 0 atom stereocenters. The van der Waals surface area contributed by atoms with Gasteiger partial charge in [0.1, 0.15) is 0 Å². The predicted molar refractivity (Wildman–Crippen MR) is 91.7 cm³/mol. The lowest BCUT2D eigenvalue weighted by Crippen LogP contribution is -2.15. The Morgan fingerprint density at radius 3 is 2.54 bits per heavy atom. The Labute approximate surface area is 144 Å². The van der Waals surface area contributed by atoms with Crippen LogP contribution in [0.3, 0.4) is 0 Å². The molecule has 2 aliphatic heterocycles. The summed E-state index contributed by atoms with van der Waals surface area (Å²) in [7, 11) is 0. The van der Waals surface area contributed by atoms with Crippen LogP contribution in [0.15, 0.2) is 41.4 Å². The van der Waals surface area contributed by atoms with Crippen molar-refractivity contribution >= 4 is 23.8 Å². The highest BCUT2D eigenvalue weighted by molar-refractivity contribution is 6.04. The molecule has 0 amide bonds. The topological polar surface area (TPSA) is 74.0 Å². The van der Waals surface area contributed by atoms with E-state index in [2.05, 4.69) is 4.99 Å². The van der Waals surface area contributed by atoms with Gasteiger partial charge in [0.2, 0.25) is 6.79 Å². The molecular weight excluding hydrogens is 332 g/mol. The molecule has 0 saturated carbocycles. The average molecular weight is 347 g/mol. The van der Waals surface area contributed by atoms with Gasteiger partial charge in [-0.3, -0.25) is 15.1 Å². The summed E-state index contributed by atoms with van der Waals surface area (Å²) < 4.78 is 10.9. The summed E-state index contributed by atoms with van der Waals surface area (Å²) in [6, 6.07) is 10.6. The first-order valence-corrected chi connectivity index (χ1v) is 7.40. The zero-order valence-electron chi connectivity index (χ0n) is 12.7. The number of benzene rings is 2. The third-order valence-electron chi connectivity index (χ3n) is 4.11. The lowest BCUT2D eigenvalue weighted by molar-refractivity contribution is -0.384. The summed E-state index contributed by atoms with van der Waals surface area (Å²) in [5.41, 5.74) is 4.38. The molecule has 4 rings (SSSR count). The van der Waals surface area contributed by atoms with E-state index in [0.717, 1.165) is 41.3 Å². The van der Waals surface area contributed by atoms with Crippen molar-refractivity contribution in [1.29, 1.82) is 0 Å². The minimum atomic E-state index is -0.391. The fraction of sp³-hybridized carbons (Fsp3) is 0.235.